The number of hydrogen-bond donors (Lipinski definition) is 2. The summed E-state index contributed by atoms with van der Waals surface area (Å²) < 4.78 is 0. The molecule has 0 radical (unpaired) electrons. The van der Waals surface area contributed by atoms with Crippen molar-refractivity contribution in [2.24, 2.45) is 15.7 Å². The summed E-state index contributed by atoms with van der Waals surface area (Å²) in [6, 6.07) is 56.5. The van der Waals surface area contributed by atoms with Crippen LogP contribution in [0.15, 0.2) is 192 Å². The van der Waals surface area contributed by atoms with Crippen LogP contribution in [0.25, 0.3) is 16.8 Å². The average molecular weight is 697 g/mol. The summed E-state index contributed by atoms with van der Waals surface area (Å²) in [5.41, 5.74) is 17.3. The fraction of sp³-hybridized carbons (Fsp3) is 0.143. The van der Waals surface area contributed by atoms with Crippen molar-refractivity contribution >= 4 is 23.9 Å². The number of aryl methyl sites for hydroxylation is 2. The lowest BCUT2D eigenvalue weighted by molar-refractivity contribution is 0.923. The molecule has 0 saturated heterocycles. The summed E-state index contributed by atoms with van der Waals surface area (Å²) >= 11 is 0. The first-order valence-corrected chi connectivity index (χ1v) is 18.1. The number of dihydropyridines is 1. The van der Waals surface area contributed by atoms with Crippen molar-refractivity contribution in [3.05, 3.63) is 215 Å². The van der Waals surface area contributed by atoms with Gasteiger partial charge in [-0.05, 0) is 74.5 Å². The van der Waals surface area contributed by atoms with Crippen LogP contribution in [0, 0.1) is 13.8 Å². The molecule has 4 heteroatoms. The van der Waals surface area contributed by atoms with Crippen LogP contribution in [-0.2, 0) is 0 Å². The molecule has 1 heterocycles. The van der Waals surface area contributed by atoms with Gasteiger partial charge in [0.25, 0.3) is 0 Å². The van der Waals surface area contributed by atoms with Crippen LogP contribution in [0.2, 0.25) is 0 Å². The minimum Gasteiger partial charge on any atom is -0.381 e. The number of hydrogen-bond acceptors (Lipinski definition) is 3. The average Bonchev–Trinajstić information content (AvgIpc) is 3.22. The van der Waals surface area contributed by atoms with Crippen LogP contribution < -0.4 is 11.1 Å². The van der Waals surface area contributed by atoms with E-state index in [-0.39, 0.29) is 0 Å². The Kier molecular flexibility index (Phi) is 16.0. The van der Waals surface area contributed by atoms with Crippen molar-refractivity contribution in [1.82, 2.24) is 5.32 Å². The minimum absolute atomic E-state index is 0.360. The Balaban J connectivity index is 0.000000323. The van der Waals surface area contributed by atoms with Crippen molar-refractivity contribution in [3.63, 3.8) is 0 Å². The number of allylic oxidation sites excluding steroid dienone is 2. The van der Waals surface area contributed by atoms with E-state index in [1.54, 1.807) is 0 Å². The zero-order chi connectivity index (χ0) is 37.8. The third kappa shape index (κ3) is 12.0. The van der Waals surface area contributed by atoms with Crippen LogP contribution in [-0.4, -0.2) is 26.1 Å². The molecule has 0 aliphatic carbocycles. The van der Waals surface area contributed by atoms with Crippen LogP contribution in [0.4, 0.5) is 5.69 Å². The predicted molar refractivity (Wildman–Crippen MR) is 230 cm³/mol. The highest BCUT2D eigenvalue weighted by Crippen LogP contribution is 2.29. The molecule has 0 fully saturated rings. The second-order valence-electron chi connectivity index (χ2n) is 12.6. The lowest BCUT2D eigenvalue weighted by Crippen LogP contribution is -2.18. The van der Waals surface area contributed by atoms with Gasteiger partial charge in [-0.25, -0.2) is 9.98 Å². The van der Waals surface area contributed by atoms with Crippen LogP contribution in [0.1, 0.15) is 53.1 Å². The number of amidine groups is 1. The van der Waals surface area contributed by atoms with E-state index in [1.807, 2.05) is 60.7 Å². The first kappa shape index (κ1) is 39.7. The van der Waals surface area contributed by atoms with Crippen molar-refractivity contribution in [1.29, 1.82) is 0 Å². The molecule has 3 N–H and O–H groups in total. The normalized spacial score (nSPS) is 12.4. The molecule has 0 aromatic heterocycles. The molecule has 6 aromatic rings. The first-order chi connectivity index (χ1) is 25.9. The van der Waals surface area contributed by atoms with Gasteiger partial charge in [0.15, 0.2) is 5.84 Å². The fourth-order valence-electron chi connectivity index (χ4n) is 5.82. The summed E-state index contributed by atoms with van der Waals surface area (Å²) in [5.74, 6) is 0.971. The Hall–Kier alpha value is -6.10. The van der Waals surface area contributed by atoms with E-state index in [2.05, 4.69) is 166 Å². The Labute approximate surface area is 317 Å². The van der Waals surface area contributed by atoms with Gasteiger partial charge in [-0.15, -0.1) is 0 Å². The van der Waals surface area contributed by atoms with E-state index < -0.39 is 0 Å². The lowest BCUT2D eigenvalue weighted by atomic mass is 9.92. The first-order valence-electron chi connectivity index (χ1n) is 18.1. The number of benzene rings is 6. The van der Waals surface area contributed by atoms with Gasteiger partial charge in [-0.1, -0.05) is 182 Å². The van der Waals surface area contributed by atoms with Gasteiger partial charge >= 0.3 is 0 Å². The quantitative estimate of drug-likeness (QED) is 0.134. The van der Waals surface area contributed by atoms with E-state index in [9.17, 15) is 0 Å². The van der Waals surface area contributed by atoms with Gasteiger partial charge in [-0.2, -0.15) is 0 Å². The molecule has 0 saturated carbocycles. The van der Waals surface area contributed by atoms with Crippen molar-refractivity contribution in [2.45, 2.75) is 33.6 Å². The molecule has 1 unspecified atom stereocenters. The highest BCUT2D eigenvalue weighted by molar-refractivity contribution is 6.06. The topological polar surface area (TPSA) is 62.8 Å². The molecule has 53 heavy (non-hydrogen) atoms. The highest BCUT2D eigenvalue weighted by atomic mass is 14.9. The summed E-state index contributed by atoms with van der Waals surface area (Å²) in [6.07, 6.45) is 4.27. The zero-order valence-electron chi connectivity index (χ0n) is 31.7. The van der Waals surface area contributed by atoms with E-state index in [4.69, 9.17) is 4.99 Å². The number of aliphatic imine (C=N–C) groups is 2. The Morgan fingerprint density at radius 3 is 1.57 bits per heavy atom. The molecule has 7 rings (SSSR count). The molecule has 268 valence electrons. The number of rotatable bonds is 6. The number of nitrogens with zero attached hydrogens (tertiary/aromatic N) is 2. The zero-order valence-corrected chi connectivity index (χ0v) is 31.7. The molecular formula is C49H52N4. The van der Waals surface area contributed by atoms with E-state index in [0.29, 0.717) is 11.8 Å². The smallest absolute Gasteiger partial charge is 0.159 e. The van der Waals surface area contributed by atoms with Crippen LogP contribution >= 0.6 is 0 Å². The molecule has 1 atom stereocenters. The predicted octanol–water partition coefficient (Wildman–Crippen LogP) is 11.7. The highest BCUT2D eigenvalue weighted by Gasteiger charge is 2.15. The van der Waals surface area contributed by atoms with E-state index in [1.165, 1.54) is 40.4 Å². The van der Waals surface area contributed by atoms with Gasteiger partial charge < -0.3 is 11.1 Å². The molecule has 0 bridgehead atoms. The number of nitrogens with one attached hydrogen (secondary N) is 1. The second-order valence-corrected chi connectivity index (χ2v) is 12.6. The van der Waals surface area contributed by atoms with Gasteiger partial charge in [0, 0.05) is 29.3 Å². The van der Waals surface area contributed by atoms with Crippen LogP contribution in [0.3, 0.4) is 0 Å². The molecule has 1 aliphatic rings. The maximum atomic E-state index is 4.85. The molecule has 6 aromatic carbocycles. The van der Waals surface area contributed by atoms with E-state index >= 15 is 0 Å². The second kappa shape index (κ2) is 21.3. The van der Waals surface area contributed by atoms with Crippen molar-refractivity contribution < 1.29 is 0 Å². The fourth-order valence-corrected chi connectivity index (χ4v) is 5.82. The minimum atomic E-state index is 0.360. The summed E-state index contributed by atoms with van der Waals surface area (Å²) in [7, 11) is 1.50. The SMILES string of the molecule is C=NC(=Nc1ccc(-c2ccc(C(C)c3ccccc3)cc2)cc1)c1ccccc1C1=C(C)C=CCN1.CN.Cc1ccccc1.Cc1ccccc1. The Morgan fingerprint density at radius 2 is 1.08 bits per heavy atom. The monoisotopic (exact) mass is 696 g/mol. The van der Waals surface area contributed by atoms with Gasteiger partial charge in [0.05, 0.1) is 5.69 Å². The maximum Gasteiger partial charge on any atom is 0.159 e. The third-order valence-corrected chi connectivity index (χ3v) is 8.77. The molecule has 4 nitrogen and oxygen atoms in total. The summed E-state index contributed by atoms with van der Waals surface area (Å²) in [5, 5.41) is 3.49. The van der Waals surface area contributed by atoms with Crippen LogP contribution in [0.5, 0.6) is 0 Å². The van der Waals surface area contributed by atoms with Gasteiger partial charge in [-0.3, -0.25) is 0 Å². The summed E-state index contributed by atoms with van der Waals surface area (Å²) in [6.45, 7) is 13.2. The van der Waals surface area contributed by atoms with Crippen molar-refractivity contribution in [3.8, 4) is 11.1 Å². The number of nitrogens with two attached hydrogens (primary N) is 1. The van der Waals surface area contributed by atoms with Gasteiger partial charge in [0.2, 0.25) is 0 Å². The van der Waals surface area contributed by atoms with Gasteiger partial charge in [0.1, 0.15) is 0 Å². The lowest BCUT2D eigenvalue weighted by Gasteiger charge is -2.19. The van der Waals surface area contributed by atoms with E-state index in [0.717, 1.165) is 34.6 Å². The largest absolute Gasteiger partial charge is 0.381 e. The molecule has 1 aliphatic heterocycles. The standard InChI is InChI=1S/C34H31N3.2C7H8.CH5N/c1-24-10-9-23-36-33(24)31-13-7-8-14-32(31)34(35-3)37-30-21-19-29(20-22-30)28-17-15-27(16-18-28)25(2)26-11-5-4-6-12-26;2*1-7-5-3-2-4-6-7;1-2/h4-22,25,36H,3,23H2,1-2H3;2*2-6H,1H3;2H2,1H3. The molecule has 0 amide bonds. The Bertz CT molecular complexity index is 2020. The Morgan fingerprint density at radius 1 is 0.604 bits per heavy atom. The maximum absolute atomic E-state index is 4.85. The molecule has 0 spiro atoms. The third-order valence-electron chi connectivity index (χ3n) is 8.77. The molecular weight excluding hydrogens is 645 g/mol. The summed E-state index contributed by atoms with van der Waals surface area (Å²) in [4.78, 5) is 9.15. The van der Waals surface area contributed by atoms with Crippen molar-refractivity contribution in [2.75, 3.05) is 13.6 Å².